The van der Waals surface area contributed by atoms with Gasteiger partial charge in [0.15, 0.2) is 0 Å². The number of nitrogens with zero attached hydrogens (tertiary/aromatic N) is 1. The lowest BCUT2D eigenvalue weighted by Gasteiger charge is -2.28. The fourth-order valence-electron chi connectivity index (χ4n) is 3.12. The molecule has 5 nitrogen and oxygen atoms in total. The van der Waals surface area contributed by atoms with E-state index in [4.69, 9.17) is 4.74 Å². The Bertz CT molecular complexity index is 709. The molecule has 0 atom stereocenters. The van der Waals surface area contributed by atoms with Crippen molar-refractivity contribution in [3.05, 3.63) is 36.1 Å². The Labute approximate surface area is 155 Å². The van der Waals surface area contributed by atoms with Gasteiger partial charge in [-0.3, -0.25) is 4.79 Å². The predicted molar refractivity (Wildman–Crippen MR) is 96.1 cm³/mol. The van der Waals surface area contributed by atoms with Crippen molar-refractivity contribution in [1.82, 2.24) is 4.98 Å². The number of alkyl halides is 3. The van der Waals surface area contributed by atoms with E-state index in [9.17, 15) is 23.1 Å². The first-order chi connectivity index (χ1) is 12.8. The van der Waals surface area contributed by atoms with Gasteiger partial charge in [0.25, 0.3) is 0 Å². The van der Waals surface area contributed by atoms with Crippen LogP contribution in [-0.2, 0) is 11.4 Å². The largest absolute Gasteiger partial charge is 0.481 e. The molecule has 0 unspecified atom stereocenters. The summed E-state index contributed by atoms with van der Waals surface area (Å²) in [5.41, 5.74) is 1.13. The average molecular weight is 384 g/mol. The summed E-state index contributed by atoms with van der Waals surface area (Å²) < 4.78 is 43.5. The summed E-state index contributed by atoms with van der Waals surface area (Å²) in [5, 5.41) is 12.0. The van der Waals surface area contributed by atoms with Crippen LogP contribution in [0, 0.1) is 11.8 Å². The third-order valence-electron chi connectivity index (χ3n) is 4.66. The quantitative estimate of drug-likeness (QED) is 0.725. The van der Waals surface area contributed by atoms with Gasteiger partial charge in [0.1, 0.15) is 0 Å². The number of amides is 1. The summed E-state index contributed by atoms with van der Waals surface area (Å²) in [6, 6.07) is 1.61. The van der Waals surface area contributed by atoms with Gasteiger partial charge in [0.05, 0.1) is 31.0 Å². The highest BCUT2D eigenvalue weighted by Crippen LogP contribution is 2.40. The second-order valence-corrected chi connectivity index (χ2v) is 6.45. The lowest BCUT2D eigenvalue weighted by Crippen LogP contribution is -2.27. The highest BCUT2D eigenvalue weighted by Gasteiger charge is 2.40. The fourth-order valence-corrected chi connectivity index (χ4v) is 3.12. The molecule has 1 aromatic heterocycles. The Morgan fingerprint density at radius 1 is 1.41 bits per heavy atom. The van der Waals surface area contributed by atoms with Gasteiger partial charge in [-0.1, -0.05) is 18.7 Å². The van der Waals surface area contributed by atoms with Crippen LogP contribution in [0.15, 0.2) is 24.8 Å². The molecule has 1 aliphatic carbocycles. The number of rotatable bonds is 6. The number of halogens is 3. The molecule has 2 rings (SSSR count). The van der Waals surface area contributed by atoms with Crippen LogP contribution in [-0.4, -0.2) is 29.3 Å². The number of aromatic nitrogens is 1. The second kappa shape index (κ2) is 9.03. The van der Waals surface area contributed by atoms with Crippen molar-refractivity contribution in [3.63, 3.8) is 0 Å². The van der Waals surface area contributed by atoms with E-state index in [1.54, 1.807) is 12.1 Å². The zero-order chi connectivity index (χ0) is 20.0. The zero-order valence-corrected chi connectivity index (χ0v) is 15.1. The molecule has 1 aromatic rings. The Balaban J connectivity index is 2.17. The van der Waals surface area contributed by atoms with Crippen LogP contribution >= 0.6 is 0 Å². The molecule has 8 heteroatoms. The monoisotopic (exact) mass is 384 g/mol. The lowest BCUT2D eigenvalue weighted by atomic mass is 9.81. The molecule has 1 aliphatic rings. The van der Waals surface area contributed by atoms with Crippen LogP contribution < -0.4 is 10.1 Å². The molecule has 0 bridgehead atoms. The molecular weight excluding hydrogens is 361 g/mol. The van der Waals surface area contributed by atoms with Gasteiger partial charge in [-0.15, -0.1) is 0 Å². The van der Waals surface area contributed by atoms with Gasteiger partial charge in [-0.2, -0.15) is 13.2 Å². The molecule has 0 spiro atoms. The molecule has 0 radical (unpaired) electrons. The molecule has 27 heavy (non-hydrogen) atoms. The number of hydrogen-bond donors (Lipinski definition) is 2. The molecule has 1 amide bonds. The number of aliphatic hydroxyl groups excluding tert-OH is 1. The van der Waals surface area contributed by atoms with E-state index in [1.807, 2.05) is 6.08 Å². The number of nitrogens with one attached hydrogen (secondary N) is 1. The second-order valence-electron chi connectivity index (χ2n) is 6.45. The summed E-state index contributed by atoms with van der Waals surface area (Å²) in [6.07, 6.45) is 1.73. The van der Waals surface area contributed by atoms with Crippen LogP contribution in [0.4, 0.5) is 18.9 Å². The zero-order valence-electron chi connectivity index (χ0n) is 15.1. The molecule has 0 aromatic carbocycles. The minimum atomic E-state index is -4.12. The van der Waals surface area contributed by atoms with E-state index in [0.29, 0.717) is 24.1 Å². The van der Waals surface area contributed by atoms with Crippen molar-refractivity contribution in [2.75, 3.05) is 12.4 Å². The number of anilines is 1. The molecule has 1 saturated carbocycles. The maximum Gasteiger partial charge on any atom is 0.391 e. The summed E-state index contributed by atoms with van der Waals surface area (Å²) >= 11 is 0. The van der Waals surface area contributed by atoms with E-state index >= 15 is 0 Å². The molecular formula is C19H23F3N2O3. The normalized spacial score (nSPS) is 20.5. The van der Waals surface area contributed by atoms with Crippen molar-refractivity contribution in [3.8, 4) is 5.88 Å². The van der Waals surface area contributed by atoms with Crippen molar-refractivity contribution in [2.24, 2.45) is 11.8 Å². The minimum absolute atomic E-state index is 0.0389. The smallest absolute Gasteiger partial charge is 0.391 e. The Morgan fingerprint density at radius 2 is 2.07 bits per heavy atom. The van der Waals surface area contributed by atoms with E-state index in [-0.39, 0.29) is 30.3 Å². The SMILES string of the molecule is C=CC(=O)Nc1cc(C=CC2CCC(C(F)(F)F)CC2)c(OC)nc1CO. The van der Waals surface area contributed by atoms with E-state index in [2.05, 4.69) is 16.9 Å². The van der Waals surface area contributed by atoms with Crippen molar-refractivity contribution in [1.29, 1.82) is 0 Å². The van der Waals surface area contributed by atoms with E-state index < -0.39 is 24.6 Å². The number of carbonyl (C=O) groups excluding carboxylic acids is 1. The van der Waals surface area contributed by atoms with Crippen LogP contribution in [0.2, 0.25) is 0 Å². The van der Waals surface area contributed by atoms with Crippen molar-refractivity contribution < 1.29 is 27.8 Å². The first-order valence-electron chi connectivity index (χ1n) is 8.65. The van der Waals surface area contributed by atoms with Crippen LogP contribution in [0.1, 0.15) is 36.9 Å². The minimum Gasteiger partial charge on any atom is -0.481 e. The van der Waals surface area contributed by atoms with Crippen LogP contribution in [0.25, 0.3) is 6.08 Å². The third-order valence-corrected chi connectivity index (χ3v) is 4.66. The van der Waals surface area contributed by atoms with Gasteiger partial charge in [-0.05, 0) is 43.7 Å². The molecule has 0 saturated heterocycles. The highest BCUT2D eigenvalue weighted by molar-refractivity contribution is 5.99. The summed E-state index contributed by atoms with van der Waals surface area (Å²) in [4.78, 5) is 15.7. The number of allylic oxidation sites excluding steroid dienone is 1. The summed E-state index contributed by atoms with van der Waals surface area (Å²) in [6.45, 7) is 2.98. The third kappa shape index (κ3) is 5.56. The van der Waals surface area contributed by atoms with Crippen LogP contribution in [0.5, 0.6) is 5.88 Å². The Morgan fingerprint density at radius 3 is 2.59 bits per heavy atom. The molecule has 0 aliphatic heterocycles. The number of methoxy groups -OCH3 is 1. The summed E-state index contributed by atoms with van der Waals surface area (Å²) in [7, 11) is 1.43. The Kier molecular flexibility index (Phi) is 7.01. The molecule has 1 fully saturated rings. The average Bonchev–Trinajstić information content (AvgIpc) is 2.65. The number of ether oxygens (including phenoxy) is 1. The van der Waals surface area contributed by atoms with Crippen molar-refractivity contribution >= 4 is 17.7 Å². The fraction of sp³-hybridized carbons (Fsp3) is 0.474. The van der Waals surface area contributed by atoms with E-state index in [0.717, 1.165) is 6.08 Å². The number of hydrogen-bond acceptors (Lipinski definition) is 4. The lowest BCUT2D eigenvalue weighted by molar-refractivity contribution is -0.183. The van der Waals surface area contributed by atoms with Gasteiger partial charge in [0.2, 0.25) is 11.8 Å². The van der Waals surface area contributed by atoms with Crippen molar-refractivity contribution in [2.45, 2.75) is 38.5 Å². The molecule has 2 N–H and O–H groups in total. The molecule has 1 heterocycles. The first-order valence-corrected chi connectivity index (χ1v) is 8.65. The number of aliphatic hydroxyl groups is 1. The number of pyridine rings is 1. The first kappa shape index (κ1) is 21.0. The highest BCUT2D eigenvalue weighted by atomic mass is 19.4. The van der Waals surface area contributed by atoms with Gasteiger partial charge < -0.3 is 15.2 Å². The topological polar surface area (TPSA) is 71.5 Å². The predicted octanol–water partition coefficient (Wildman–Crippen LogP) is 4.09. The Hall–Kier alpha value is -2.35. The van der Waals surface area contributed by atoms with Gasteiger partial charge >= 0.3 is 6.18 Å². The standard InChI is InChI=1S/C19H23F3N2O3/c1-3-17(26)23-15-10-13(18(27-2)24-16(15)11-25)7-4-12-5-8-14(9-6-12)19(20,21)22/h3-4,7,10,12,14,25H,1,5-6,8-9,11H2,2H3,(H,23,26). The summed E-state index contributed by atoms with van der Waals surface area (Å²) in [5.74, 6) is -1.37. The van der Waals surface area contributed by atoms with Gasteiger partial charge in [-0.25, -0.2) is 4.98 Å². The van der Waals surface area contributed by atoms with Gasteiger partial charge in [0, 0.05) is 5.56 Å². The van der Waals surface area contributed by atoms with Crippen LogP contribution in [0.3, 0.4) is 0 Å². The maximum atomic E-state index is 12.8. The molecule has 148 valence electrons. The maximum absolute atomic E-state index is 12.8. The van der Waals surface area contributed by atoms with E-state index in [1.165, 1.54) is 7.11 Å². The number of carbonyl (C=O) groups is 1.